The van der Waals surface area contributed by atoms with Gasteiger partial charge in [0, 0.05) is 11.8 Å². The van der Waals surface area contributed by atoms with E-state index >= 15 is 0 Å². The number of nitrogens with two attached hydrogens (primary N) is 1. The Labute approximate surface area is 104 Å². The van der Waals surface area contributed by atoms with Crippen LogP contribution in [0.4, 0.5) is 5.82 Å². The molecule has 0 fully saturated rings. The summed E-state index contributed by atoms with van der Waals surface area (Å²) >= 11 is 1.56. The number of hydrogen-bond acceptors (Lipinski definition) is 5. The van der Waals surface area contributed by atoms with Crippen molar-refractivity contribution in [3.05, 3.63) is 34.2 Å². The van der Waals surface area contributed by atoms with E-state index in [1.807, 2.05) is 23.6 Å². The van der Waals surface area contributed by atoms with Crippen molar-refractivity contribution in [1.82, 2.24) is 4.98 Å². The van der Waals surface area contributed by atoms with Crippen LogP contribution in [0.1, 0.15) is 10.6 Å². The fourth-order valence-electron chi connectivity index (χ4n) is 1.57. The molecule has 0 bridgehead atoms. The highest BCUT2D eigenvalue weighted by molar-refractivity contribution is 7.10. The molecule has 0 aliphatic carbocycles. The molecule has 1 aromatic carbocycles. The van der Waals surface area contributed by atoms with Crippen LogP contribution in [0.15, 0.2) is 23.6 Å². The van der Waals surface area contributed by atoms with Gasteiger partial charge in [0.25, 0.3) is 0 Å². The largest absolute Gasteiger partial charge is 0.493 e. The van der Waals surface area contributed by atoms with Crippen LogP contribution >= 0.6 is 11.3 Å². The maximum atomic E-state index is 5.59. The van der Waals surface area contributed by atoms with Crippen LogP contribution in [0.25, 0.3) is 0 Å². The second-order valence-electron chi connectivity index (χ2n) is 3.53. The zero-order valence-electron chi connectivity index (χ0n) is 9.77. The molecule has 2 aromatic rings. The fraction of sp³-hybridized carbons (Fsp3) is 0.250. The number of benzene rings is 1. The van der Waals surface area contributed by atoms with Gasteiger partial charge in [-0.25, -0.2) is 4.98 Å². The van der Waals surface area contributed by atoms with E-state index in [4.69, 9.17) is 15.2 Å². The van der Waals surface area contributed by atoms with E-state index in [-0.39, 0.29) is 0 Å². The van der Waals surface area contributed by atoms with Crippen molar-refractivity contribution in [3.8, 4) is 11.5 Å². The normalized spacial score (nSPS) is 10.2. The topological polar surface area (TPSA) is 57.4 Å². The van der Waals surface area contributed by atoms with Crippen molar-refractivity contribution in [3.63, 3.8) is 0 Å². The van der Waals surface area contributed by atoms with Crippen LogP contribution in [0, 0.1) is 0 Å². The number of methoxy groups -OCH3 is 2. The second-order valence-corrected chi connectivity index (χ2v) is 4.47. The number of aromatic nitrogens is 1. The van der Waals surface area contributed by atoms with Crippen molar-refractivity contribution >= 4 is 17.2 Å². The highest BCUT2D eigenvalue weighted by Gasteiger charge is 2.06. The summed E-state index contributed by atoms with van der Waals surface area (Å²) in [7, 11) is 3.25. The van der Waals surface area contributed by atoms with Crippen LogP contribution in [0.5, 0.6) is 11.5 Å². The highest BCUT2D eigenvalue weighted by atomic mass is 32.1. The predicted octanol–water partition coefficient (Wildman–Crippen LogP) is 2.33. The van der Waals surface area contributed by atoms with Gasteiger partial charge in [-0.15, -0.1) is 11.3 Å². The Bertz CT molecular complexity index is 511. The SMILES string of the molecule is COc1ccc(Cc2nc(N)cs2)cc1OC. The summed E-state index contributed by atoms with van der Waals surface area (Å²) in [6.45, 7) is 0. The number of thiazole rings is 1. The lowest BCUT2D eigenvalue weighted by Crippen LogP contribution is -1.94. The van der Waals surface area contributed by atoms with Gasteiger partial charge in [0.2, 0.25) is 0 Å². The Hall–Kier alpha value is -1.75. The van der Waals surface area contributed by atoms with Gasteiger partial charge >= 0.3 is 0 Å². The quantitative estimate of drug-likeness (QED) is 0.904. The van der Waals surface area contributed by atoms with Gasteiger partial charge in [-0.05, 0) is 17.7 Å². The van der Waals surface area contributed by atoms with E-state index in [9.17, 15) is 0 Å². The van der Waals surface area contributed by atoms with Crippen LogP contribution < -0.4 is 15.2 Å². The summed E-state index contributed by atoms with van der Waals surface area (Å²) in [6, 6.07) is 5.85. The average molecular weight is 250 g/mol. The Morgan fingerprint density at radius 1 is 1.24 bits per heavy atom. The molecule has 1 aromatic heterocycles. The first-order valence-corrected chi connectivity index (χ1v) is 6.01. The van der Waals surface area contributed by atoms with E-state index in [2.05, 4.69) is 4.98 Å². The van der Waals surface area contributed by atoms with E-state index in [1.54, 1.807) is 25.6 Å². The maximum Gasteiger partial charge on any atom is 0.160 e. The molecule has 0 spiro atoms. The van der Waals surface area contributed by atoms with Gasteiger partial charge in [0.1, 0.15) is 5.82 Å². The summed E-state index contributed by atoms with van der Waals surface area (Å²) in [5.74, 6) is 2.04. The smallest absolute Gasteiger partial charge is 0.160 e. The minimum absolute atomic E-state index is 0.575. The molecule has 4 nitrogen and oxygen atoms in total. The van der Waals surface area contributed by atoms with Crippen LogP contribution in [-0.2, 0) is 6.42 Å². The molecule has 2 N–H and O–H groups in total. The van der Waals surface area contributed by atoms with E-state index in [0.717, 1.165) is 28.5 Å². The van der Waals surface area contributed by atoms with E-state index in [1.165, 1.54) is 0 Å². The number of ether oxygens (including phenoxy) is 2. The predicted molar refractivity (Wildman–Crippen MR) is 68.9 cm³/mol. The average Bonchev–Trinajstić information content (AvgIpc) is 2.74. The first kappa shape index (κ1) is 11.7. The van der Waals surface area contributed by atoms with Gasteiger partial charge in [0.05, 0.1) is 19.2 Å². The third-order valence-corrected chi connectivity index (χ3v) is 3.24. The van der Waals surface area contributed by atoms with Crippen molar-refractivity contribution < 1.29 is 9.47 Å². The zero-order chi connectivity index (χ0) is 12.3. The highest BCUT2D eigenvalue weighted by Crippen LogP contribution is 2.28. The van der Waals surface area contributed by atoms with Gasteiger partial charge in [0.15, 0.2) is 11.5 Å². The molecule has 17 heavy (non-hydrogen) atoms. The van der Waals surface area contributed by atoms with Crippen molar-refractivity contribution in [2.24, 2.45) is 0 Å². The molecule has 0 amide bonds. The first-order valence-electron chi connectivity index (χ1n) is 5.13. The molecule has 0 aliphatic heterocycles. The Balaban J connectivity index is 2.22. The monoisotopic (exact) mass is 250 g/mol. The van der Waals surface area contributed by atoms with Crippen molar-refractivity contribution in [1.29, 1.82) is 0 Å². The molecule has 0 aliphatic rings. The summed E-state index contributed by atoms with van der Waals surface area (Å²) in [4.78, 5) is 4.23. The van der Waals surface area contributed by atoms with E-state index < -0.39 is 0 Å². The summed E-state index contributed by atoms with van der Waals surface area (Å²) in [6.07, 6.45) is 0.752. The van der Waals surface area contributed by atoms with Crippen LogP contribution in [0.2, 0.25) is 0 Å². The number of rotatable bonds is 4. The summed E-state index contributed by atoms with van der Waals surface area (Å²) < 4.78 is 10.4. The molecule has 90 valence electrons. The number of nitrogen functional groups attached to an aromatic ring is 1. The molecule has 0 radical (unpaired) electrons. The Morgan fingerprint density at radius 3 is 2.59 bits per heavy atom. The summed E-state index contributed by atoms with van der Waals surface area (Å²) in [5, 5.41) is 2.84. The molecule has 1 heterocycles. The molecule has 2 rings (SSSR count). The maximum absolute atomic E-state index is 5.59. The minimum Gasteiger partial charge on any atom is -0.493 e. The van der Waals surface area contributed by atoms with Crippen molar-refractivity contribution in [2.75, 3.05) is 20.0 Å². The summed E-state index contributed by atoms with van der Waals surface area (Å²) in [5.41, 5.74) is 6.71. The minimum atomic E-state index is 0.575. The first-order chi connectivity index (χ1) is 8.22. The Morgan fingerprint density at radius 2 is 2.00 bits per heavy atom. The molecule has 0 saturated heterocycles. The van der Waals surface area contributed by atoms with Crippen molar-refractivity contribution in [2.45, 2.75) is 6.42 Å². The third-order valence-electron chi connectivity index (χ3n) is 2.37. The Kier molecular flexibility index (Phi) is 3.49. The number of hydrogen-bond donors (Lipinski definition) is 1. The molecular formula is C12H14N2O2S. The fourth-order valence-corrected chi connectivity index (χ4v) is 2.29. The lowest BCUT2D eigenvalue weighted by molar-refractivity contribution is 0.354. The van der Waals surface area contributed by atoms with Gasteiger partial charge < -0.3 is 15.2 Å². The van der Waals surface area contributed by atoms with Gasteiger partial charge in [-0.1, -0.05) is 6.07 Å². The van der Waals surface area contributed by atoms with E-state index in [0.29, 0.717) is 5.82 Å². The number of nitrogens with zero attached hydrogens (tertiary/aromatic N) is 1. The lowest BCUT2D eigenvalue weighted by Gasteiger charge is -2.08. The molecule has 0 unspecified atom stereocenters. The third kappa shape index (κ3) is 2.68. The second kappa shape index (κ2) is 5.05. The van der Waals surface area contributed by atoms with Gasteiger partial charge in [-0.2, -0.15) is 0 Å². The molecular weight excluding hydrogens is 236 g/mol. The lowest BCUT2D eigenvalue weighted by atomic mass is 10.1. The van der Waals surface area contributed by atoms with Crippen LogP contribution in [-0.4, -0.2) is 19.2 Å². The number of anilines is 1. The standard InChI is InChI=1S/C12H14N2O2S/c1-15-9-4-3-8(5-10(9)16-2)6-12-14-11(13)7-17-12/h3-5,7H,6,13H2,1-2H3. The van der Waals surface area contributed by atoms with Crippen LogP contribution in [0.3, 0.4) is 0 Å². The van der Waals surface area contributed by atoms with Gasteiger partial charge in [-0.3, -0.25) is 0 Å². The molecule has 0 atom stereocenters. The zero-order valence-corrected chi connectivity index (χ0v) is 10.6. The molecule has 5 heteroatoms. The molecule has 0 saturated carbocycles.